The molecule has 2 atom stereocenters. The number of nitrogens with two attached hydrogens (primary N) is 1. The molecule has 0 saturated carbocycles. The summed E-state index contributed by atoms with van der Waals surface area (Å²) < 4.78 is 5.87. The van der Waals surface area contributed by atoms with Crippen LogP contribution in [0.1, 0.15) is 58.8 Å². The zero-order valence-electron chi connectivity index (χ0n) is 12.9. The van der Waals surface area contributed by atoms with Crippen molar-refractivity contribution in [2.75, 3.05) is 26.2 Å². The first kappa shape index (κ1) is 16.9. The summed E-state index contributed by atoms with van der Waals surface area (Å²) >= 11 is 0. The summed E-state index contributed by atoms with van der Waals surface area (Å²) in [6.45, 7) is 8.49. The van der Waals surface area contributed by atoms with E-state index in [-0.39, 0.29) is 6.10 Å². The second-order valence-electron chi connectivity index (χ2n) is 5.63. The highest BCUT2D eigenvalue weighted by Crippen LogP contribution is 2.15. The van der Waals surface area contributed by atoms with E-state index in [1.54, 1.807) is 0 Å². The van der Waals surface area contributed by atoms with Gasteiger partial charge in [0.1, 0.15) is 0 Å². The number of hydrogen-bond donors (Lipinski definition) is 2. The summed E-state index contributed by atoms with van der Waals surface area (Å²) in [5.74, 6) is 5.70. The van der Waals surface area contributed by atoms with E-state index in [1.807, 2.05) is 0 Å². The van der Waals surface area contributed by atoms with Crippen molar-refractivity contribution in [1.29, 1.82) is 0 Å². The molecule has 1 aliphatic rings. The summed E-state index contributed by atoms with van der Waals surface area (Å²) in [6, 6.07) is 0.306. The van der Waals surface area contributed by atoms with E-state index in [0.717, 1.165) is 32.7 Å². The van der Waals surface area contributed by atoms with E-state index in [4.69, 9.17) is 10.6 Å². The Bertz CT molecular complexity index is 214. The standard InChI is InChI=1S/C15H33N3O/c1-3-5-6-7-8-9-10-14(17-16)15-13-18(4-2)11-12-19-15/h14-15,17H,3-13,16H2,1-2H3. The average Bonchev–Trinajstić information content (AvgIpc) is 2.46. The fourth-order valence-electron chi connectivity index (χ4n) is 2.78. The minimum Gasteiger partial charge on any atom is -0.374 e. The zero-order chi connectivity index (χ0) is 13.9. The van der Waals surface area contributed by atoms with Gasteiger partial charge >= 0.3 is 0 Å². The molecular weight excluding hydrogens is 238 g/mol. The van der Waals surface area contributed by atoms with Gasteiger partial charge in [-0.05, 0) is 13.0 Å². The summed E-state index contributed by atoms with van der Waals surface area (Å²) in [7, 11) is 0. The Morgan fingerprint density at radius 3 is 2.63 bits per heavy atom. The summed E-state index contributed by atoms with van der Waals surface area (Å²) in [6.07, 6.45) is 9.39. The monoisotopic (exact) mass is 271 g/mol. The van der Waals surface area contributed by atoms with Crippen LogP contribution in [0.2, 0.25) is 0 Å². The van der Waals surface area contributed by atoms with Crippen LogP contribution in [0.15, 0.2) is 0 Å². The third-order valence-corrected chi connectivity index (χ3v) is 4.16. The fourth-order valence-corrected chi connectivity index (χ4v) is 2.78. The first-order chi connectivity index (χ1) is 9.31. The molecule has 0 bridgehead atoms. The number of unbranched alkanes of at least 4 members (excludes halogenated alkanes) is 5. The highest BCUT2D eigenvalue weighted by atomic mass is 16.5. The molecular formula is C15H33N3O. The first-order valence-electron chi connectivity index (χ1n) is 8.11. The lowest BCUT2D eigenvalue weighted by Crippen LogP contribution is -2.53. The van der Waals surface area contributed by atoms with Crippen LogP contribution in [0.4, 0.5) is 0 Å². The van der Waals surface area contributed by atoms with Gasteiger partial charge in [0.05, 0.1) is 12.7 Å². The van der Waals surface area contributed by atoms with Crippen molar-refractivity contribution < 1.29 is 4.74 Å². The number of morpholine rings is 1. The minimum atomic E-state index is 0.259. The summed E-state index contributed by atoms with van der Waals surface area (Å²) in [4.78, 5) is 2.44. The van der Waals surface area contributed by atoms with E-state index >= 15 is 0 Å². The zero-order valence-corrected chi connectivity index (χ0v) is 12.9. The molecule has 1 aliphatic heterocycles. The molecule has 1 heterocycles. The van der Waals surface area contributed by atoms with Crippen molar-refractivity contribution in [1.82, 2.24) is 10.3 Å². The lowest BCUT2D eigenvalue weighted by Gasteiger charge is -2.36. The van der Waals surface area contributed by atoms with Gasteiger partial charge in [-0.25, -0.2) is 0 Å². The van der Waals surface area contributed by atoms with Gasteiger partial charge in [-0.1, -0.05) is 52.4 Å². The maximum atomic E-state index is 5.87. The first-order valence-corrected chi connectivity index (χ1v) is 8.11. The number of nitrogens with zero attached hydrogens (tertiary/aromatic N) is 1. The van der Waals surface area contributed by atoms with Crippen LogP contribution in [0.25, 0.3) is 0 Å². The fraction of sp³-hybridized carbons (Fsp3) is 1.00. The third-order valence-electron chi connectivity index (χ3n) is 4.16. The Balaban J connectivity index is 2.17. The van der Waals surface area contributed by atoms with E-state index in [9.17, 15) is 0 Å². The van der Waals surface area contributed by atoms with Gasteiger partial charge in [-0.3, -0.25) is 16.2 Å². The van der Waals surface area contributed by atoms with Crippen LogP contribution < -0.4 is 11.3 Å². The predicted molar refractivity (Wildman–Crippen MR) is 81.0 cm³/mol. The van der Waals surface area contributed by atoms with Crippen LogP contribution in [0, 0.1) is 0 Å². The lowest BCUT2D eigenvalue weighted by atomic mass is 10.0. The van der Waals surface area contributed by atoms with Crippen LogP contribution in [-0.2, 0) is 4.74 Å². The van der Waals surface area contributed by atoms with Crippen molar-refractivity contribution in [2.45, 2.75) is 70.9 Å². The van der Waals surface area contributed by atoms with Crippen molar-refractivity contribution in [3.8, 4) is 0 Å². The van der Waals surface area contributed by atoms with Crippen LogP contribution in [0.3, 0.4) is 0 Å². The molecule has 1 fully saturated rings. The van der Waals surface area contributed by atoms with Gasteiger partial charge < -0.3 is 4.74 Å². The van der Waals surface area contributed by atoms with Crippen LogP contribution in [-0.4, -0.2) is 43.3 Å². The second kappa shape index (κ2) is 10.6. The lowest BCUT2D eigenvalue weighted by molar-refractivity contribution is -0.0465. The van der Waals surface area contributed by atoms with E-state index in [0.29, 0.717) is 6.04 Å². The molecule has 0 amide bonds. The highest BCUT2D eigenvalue weighted by molar-refractivity contribution is 4.81. The second-order valence-corrected chi connectivity index (χ2v) is 5.63. The minimum absolute atomic E-state index is 0.259. The molecule has 0 aromatic heterocycles. The average molecular weight is 271 g/mol. The van der Waals surface area contributed by atoms with Gasteiger partial charge in [0.15, 0.2) is 0 Å². The topological polar surface area (TPSA) is 50.5 Å². The third kappa shape index (κ3) is 6.70. The van der Waals surface area contributed by atoms with E-state index in [1.165, 1.54) is 38.5 Å². The van der Waals surface area contributed by atoms with Crippen molar-refractivity contribution >= 4 is 0 Å². The molecule has 114 valence electrons. The smallest absolute Gasteiger partial charge is 0.0868 e. The molecule has 4 heteroatoms. The highest BCUT2D eigenvalue weighted by Gasteiger charge is 2.26. The Labute approximate surface area is 119 Å². The molecule has 1 saturated heterocycles. The normalized spacial score (nSPS) is 22.6. The van der Waals surface area contributed by atoms with Crippen molar-refractivity contribution in [3.05, 3.63) is 0 Å². The SMILES string of the molecule is CCCCCCCCC(NN)C1CN(CC)CCO1. The molecule has 1 rings (SSSR count). The van der Waals surface area contributed by atoms with E-state index < -0.39 is 0 Å². The number of hydrogen-bond acceptors (Lipinski definition) is 4. The molecule has 0 aliphatic carbocycles. The molecule has 4 nitrogen and oxygen atoms in total. The van der Waals surface area contributed by atoms with Gasteiger partial charge in [0.25, 0.3) is 0 Å². The molecule has 0 radical (unpaired) electrons. The largest absolute Gasteiger partial charge is 0.374 e. The summed E-state index contributed by atoms with van der Waals surface area (Å²) in [5, 5.41) is 0. The predicted octanol–water partition coefficient (Wildman–Crippen LogP) is 2.29. The summed E-state index contributed by atoms with van der Waals surface area (Å²) in [5.41, 5.74) is 2.97. The van der Waals surface area contributed by atoms with Gasteiger partial charge in [-0.2, -0.15) is 0 Å². The quantitative estimate of drug-likeness (QED) is 0.364. The van der Waals surface area contributed by atoms with E-state index in [2.05, 4.69) is 24.2 Å². The number of rotatable bonds is 10. The number of hydrazine groups is 1. The Morgan fingerprint density at radius 1 is 1.21 bits per heavy atom. The number of likely N-dealkylation sites (N-methyl/N-ethyl adjacent to an activating group) is 1. The van der Waals surface area contributed by atoms with Gasteiger partial charge in [0.2, 0.25) is 0 Å². The molecule has 2 unspecified atom stereocenters. The molecule has 3 N–H and O–H groups in total. The Morgan fingerprint density at radius 2 is 1.95 bits per heavy atom. The molecule has 19 heavy (non-hydrogen) atoms. The number of ether oxygens (including phenoxy) is 1. The van der Waals surface area contributed by atoms with Crippen LogP contribution >= 0.6 is 0 Å². The molecule has 0 aromatic carbocycles. The maximum Gasteiger partial charge on any atom is 0.0868 e. The Hall–Kier alpha value is -0.160. The van der Waals surface area contributed by atoms with Crippen molar-refractivity contribution in [2.24, 2.45) is 5.84 Å². The van der Waals surface area contributed by atoms with Crippen LogP contribution in [0.5, 0.6) is 0 Å². The van der Waals surface area contributed by atoms with Gasteiger partial charge in [-0.15, -0.1) is 0 Å². The Kier molecular flexibility index (Phi) is 9.43. The maximum absolute atomic E-state index is 5.87. The van der Waals surface area contributed by atoms with Crippen molar-refractivity contribution in [3.63, 3.8) is 0 Å². The molecule has 0 spiro atoms. The van der Waals surface area contributed by atoms with Gasteiger partial charge in [0, 0.05) is 19.1 Å². The number of nitrogens with one attached hydrogen (secondary N) is 1. The molecule has 0 aromatic rings.